The Balaban J connectivity index is 1.36. The van der Waals surface area contributed by atoms with Gasteiger partial charge in [-0.2, -0.15) is 0 Å². The largest absolute Gasteiger partial charge is 0.423 e. The van der Waals surface area contributed by atoms with Crippen LogP contribution in [0.15, 0.2) is 79.4 Å². The topological polar surface area (TPSA) is 26.3 Å². The lowest BCUT2D eigenvalue weighted by molar-refractivity contribution is 0.0734. The maximum Gasteiger partial charge on any atom is 0.343 e. The third kappa shape index (κ3) is 5.13. The number of hydrogen-bond acceptors (Lipinski definition) is 2. The van der Waals surface area contributed by atoms with E-state index >= 15 is 0 Å². The van der Waals surface area contributed by atoms with Crippen molar-refractivity contribution >= 4 is 5.97 Å². The molecule has 32 heavy (non-hydrogen) atoms. The molecule has 0 unspecified atom stereocenters. The van der Waals surface area contributed by atoms with Gasteiger partial charge in [0.15, 0.2) is 11.6 Å². The van der Waals surface area contributed by atoms with Crippen LogP contribution in [-0.4, -0.2) is 5.97 Å². The third-order valence-electron chi connectivity index (χ3n) is 6.28. The van der Waals surface area contributed by atoms with Gasteiger partial charge in [-0.05, 0) is 97.0 Å². The van der Waals surface area contributed by atoms with Gasteiger partial charge < -0.3 is 4.74 Å². The summed E-state index contributed by atoms with van der Waals surface area (Å²) in [6, 6.07) is 18.2. The van der Waals surface area contributed by atoms with E-state index in [1.165, 1.54) is 37.3 Å². The van der Waals surface area contributed by atoms with Crippen molar-refractivity contribution in [3.63, 3.8) is 0 Å². The fourth-order valence-corrected chi connectivity index (χ4v) is 4.42. The quantitative estimate of drug-likeness (QED) is 0.227. The molecule has 1 saturated carbocycles. The number of esters is 1. The van der Waals surface area contributed by atoms with Crippen molar-refractivity contribution < 1.29 is 18.3 Å². The Labute approximate surface area is 187 Å². The van der Waals surface area contributed by atoms with E-state index in [0.717, 1.165) is 24.5 Å². The Morgan fingerprint density at radius 2 is 1.53 bits per heavy atom. The summed E-state index contributed by atoms with van der Waals surface area (Å²) in [5.41, 5.74) is 3.03. The molecule has 0 aromatic heterocycles. The zero-order valence-corrected chi connectivity index (χ0v) is 17.9. The standard InChI is InChI=1S/C28H26F2O2/c1-2-3-19-4-6-20(7-5-19)21-8-10-23(11-9-21)28(31)32-25-15-12-22(13-16-25)24-14-17-26(29)27(30)18-24/h2,8-20H,1,3-7H2. The van der Waals surface area contributed by atoms with E-state index in [2.05, 4.69) is 6.58 Å². The first kappa shape index (κ1) is 21.9. The summed E-state index contributed by atoms with van der Waals surface area (Å²) in [6.45, 7) is 3.84. The molecular weight excluding hydrogens is 406 g/mol. The summed E-state index contributed by atoms with van der Waals surface area (Å²) in [6.07, 6.45) is 7.90. The van der Waals surface area contributed by atoms with Crippen LogP contribution < -0.4 is 4.74 Å². The lowest BCUT2D eigenvalue weighted by atomic mass is 9.77. The Kier molecular flexibility index (Phi) is 6.79. The van der Waals surface area contributed by atoms with Crippen LogP contribution >= 0.6 is 0 Å². The molecule has 0 bridgehead atoms. The molecular formula is C28H26F2O2. The van der Waals surface area contributed by atoms with E-state index in [-0.39, 0.29) is 0 Å². The first-order valence-electron chi connectivity index (χ1n) is 11.0. The lowest BCUT2D eigenvalue weighted by Crippen LogP contribution is -2.13. The molecule has 3 aromatic rings. The number of hydrogen-bond donors (Lipinski definition) is 0. The molecule has 0 saturated heterocycles. The molecule has 0 atom stereocenters. The summed E-state index contributed by atoms with van der Waals surface area (Å²) in [7, 11) is 0. The van der Waals surface area contributed by atoms with Gasteiger partial charge in [0, 0.05) is 0 Å². The molecule has 0 spiro atoms. The van der Waals surface area contributed by atoms with E-state index in [1.54, 1.807) is 24.3 Å². The highest BCUT2D eigenvalue weighted by atomic mass is 19.2. The molecule has 4 heteroatoms. The van der Waals surface area contributed by atoms with Crippen LogP contribution in [0, 0.1) is 17.6 Å². The molecule has 0 amide bonds. The van der Waals surface area contributed by atoms with E-state index < -0.39 is 17.6 Å². The van der Waals surface area contributed by atoms with Crippen molar-refractivity contribution in [1.82, 2.24) is 0 Å². The van der Waals surface area contributed by atoms with Gasteiger partial charge in [-0.3, -0.25) is 0 Å². The van der Waals surface area contributed by atoms with Crippen LogP contribution in [0.2, 0.25) is 0 Å². The molecule has 1 aliphatic carbocycles. The van der Waals surface area contributed by atoms with Gasteiger partial charge >= 0.3 is 5.97 Å². The SMILES string of the molecule is C=CCC1CCC(c2ccc(C(=O)Oc3ccc(-c4ccc(F)c(F)c4)cc3)cc2)CC1. The zero-order valence-electron chi connectivity index (χ0n) is 17.9. The zero-order chi connectivity index (χ0) is 22.5. The number of carbonyl (C=O) groups is 1. The highest BCUT2D eigenvalue weighted by Crippen LogP contribution is 2.37. The molecule has 1 aliphatic rings. The molecule has 164 valence electrons. The second-order valence-corrected chi connectivity index (χ2v) is 8.41. The van der Waals surface area contributed by atoms with Gasteiger partial charge in [0.2, 0.25) is 0 Å². The van der Waals surface area contributed by atoms with Crippen LogP contribution in [0.5, 0.6) is 5.75 Å². The molecule has 0 heterocycles. The van der Waals surface area contributed by atoms with Gasteiger partial charge in [-0.25, -0.2) is 13.6 Å². The van der Waals surface area contributed by atoms with Crippen molar-refractivity contribution in [3.05, 3.63) is 102 Å². The Bertz CT molecular complexity index is 1080. The summed E-state index contributed by atoms with van der Waals surface area (Å²) >= 11 is 0. The Morgan fingerprint density at radius 3 is 2.16 bits per heavy atom. The first-order valence-corrected chi connectivity index (χ1v) is 11.0. The van der Waals surface area contributed by atoms with Gasteiger partial charge in [0.05, 0.1) is 5.56 Å². The predicted octanol–water partition coefficient (Wildman–Crippen LogP) is 7.70. The van der Waals surface area contributed by atoms with Gasteiger partial charge in [-0.1, -0.05) is 36.4 Å². The van der Waals surface area contributed by atoms with Gasteiger partial charge in [0.1, 0.15) is 5.75 Å². The normalized spacial score (nSPS) is 18.2. The third-order valence-corrected chi connectivity index (χ3v) is 6.28. The van der Waals surface area contributed by atoms with Crippen LogP contribution in [0.4, 0.5) is 8.78 Å². The molecule has 4 rings (SSSR count). The van der Waals surface area contributed by atoms with E-state index in [9.17, 15) is 13.6 Å². The number of carbonyl (C=O) groups excluding carboxylic acids is 1. The second kappa shape index (κ2) is 9.90. The van der Waals surface area contributed by atoms with E-state index in [4.69, 9.17) is 4.74 Å². The molecule has 3 aromatic carbocycles. The summed E-state index contributed by atoms with van der Waals surface area (Å²) < 4.78 is 32.1. The fourth-order valence-electron chi connectivity index (χ4n) is 4.42. The first-order chi connectivity index (χ1) is 15.5. The highest BCUT2D eigenvalue weighted by molar-refractivity contribution is 5.91. The van der Waals surface area contributed by atoms with Crippen molar-refractivity contribution in [2.24, 2.45) is 5.92 Å². The maximum absolute atomic E-state index is 13.5. The summed E-state index contributed by atoms with van der Waals surface area (Å²) in [5.74, 6) is -0.508. The smallest absolute Gasteiger partial charge is 0.343 e. The number of ether oxygens (including phenoxy) is 1. The minimum absolute atomic E-state index is 0.394. The number of halogens is 2. The Morgan fingerprint density at radius 1 is 0.875 bits per heavy atom. The Hall–Kier alpha value is -3.27. The molecule has 2 nitrogen and oxygen atoms in total. The highest BCUT2D eigenvalue weighted by Gasteiger charge is 2.22. The van der Waals surface area contributed by atoms with E-state index in [1.807, 2.05) is 30.3 Å². The average molecular weight is 433 g/mol. The van der Waals surface area contributed by atoms with Crippen molar-refractivity contribution in [3.8, 4) is 16.9 Å². The molecule has 1 fully saturated rings. The lowest BCUT2D eigenvalue weighted by Gasteiger charge is -2.28. The molecule has 0 N–H and O–H groups in total. The molecule has 0 radical (unpaired) electrons. The summed E-state index contributed by atoms with van der Waals surface area (Å²) in [5, 5.41) is 0. The van der Waals surface area contributed by atoms with Crippen LogP contribution in [0.1, 0.15) is 53.9 Å². The minimum atomic E-state index is -0.897. The maximum atomic E-state index is 13.5. The van der Waals surface area contributed by atoms with Crippen molar-refractivity contribution in [2.75, 3.05) is 0 Å². The number of allylic oxidation sites excluding steroid dienone is 1. The predicted molar refractivity (Wildman–Crippen MR) is 123 cm³/mol. The van der Waals surface area contributed by atoms with Gasteiger partial charge in [-0.15, -0.1) is 6.58 Å². The molecule has 0 aliphatic heterocycles. The monoisotopic (exact) mass is 432 g/mol. The second-order valence-electron chi connectivity index (χ2n) is 8.41. The van der Waals surface area contributed by atoms with Crippen molar-refractivity contribution in [2.45, 2.75) is 38.0 Å². The average Bonchev–Trinajstić information content (AvgIpc) is 2.82. The van der Waals surface area contributed by atoms with Crippen LogP contribution in [0.25, 0.3) is 11.1 Å². The number of rotatable bonds is 6. The van der Waals surface area contributed by atoms with E-state index in [0.29, 0.717) is 28.4 Å². The van der Waals surface area contributed by atoms with Crippen molar-refractivity contribution in [1.29, 1.82) is 0 Å². The van der Waals surface area contributed by atoms with Gasteiger partial charge in [0.25, 0.3) is 0 Å². The summed E-state index contributed by atoms with van der Waals surface area (Å²) in [4.78, 5) is 12.5. The van der Waals surface area contributed by atoms with Crippen LogP contribution in [0.3, 0.4) is 0 Å². The van der Waals surface area contributed by atoms with Crippen LogP contribution in [-0.2, 0) is 0 Å². The number of benzene rings is 3. The fraction of sp³-hybridized carbons (Fsp3) is 0.250. The minimum Gasteiger partial charge on any atom is -0.423 e.